The van der Waals surface area contributed by atoms with Gasteiger partial charge in [0.1, 0.15) is 0 Å². The van der Waals surface area contributed by atoms with Crippen molar-refractivity contribution in [3.8, 4) is 5.75 Å². The van der Waals surface area contributed by atoms with Crippen molar-refractivity contribution in [2.45, 2.75) is 19.4 Å². The molecule has 1 aromatic rings. The molecule has 1 heterocycles. The molecule has 0 saturated carbocycles. The Balaban J connectivity index is 2.52. The fourth-order valence-electron chi connectivity index (χ4n) is 0.858. The lowest BCUT2D eigenvalue weighted by molar-refractivity contribution is -0.211. The molecule has 0 fully saturated rings. The van der Waals surface area contributed by atoms with Crippen molar-refractivity contribution < 1.29 is 15.0 Å². The van der Waals surface area contributed by atoms with Crippen molar-refractivity contribution in [2.75, 3.05) is 0 Å². The van der Waals surface area contributed by atoms with Gasteiger partial charge in [-0.15, -0.1) is 11.3 Å². The lowest BCUT2D eigenvalue weighted by Gasteiger charge is -1.98. The standard InChI is InChI=1S/C7H11NO3S/c1-5(9)2-7-3-6(4-12-7)10-11-8/h3-5,9H,2,8H2,1H3. The summed E-state index contributed by atoms with van der Waals surface area (Å²) in [4.78, 5) is 9.60. The molecule has 0 aliphatic carbocycles. The van der Waals surface area contributed by atoms with Crippen LogP contribution in [0.2, 0.25) is 0 Å². The van der Waals surface area contributed by atoms with E-state index in [1.165, 1.54) is 11.3 Å². The first-order valence-corrected chi connectivity index (χ1v) is 4.39. The second-order valence-corrected chi connectivity index (χ2v) is 3.48. The van der Waals surface area contributed by atoms with Gasteiger partial charge >= 0.3 is 0 Å². The second-order valence-electron chi connectivity index (χ2n) is 2.48. The predicted octanol–water partition coefficient (Wildman–Crippen LogP) is 0.856. The maximum Gasteiger partial charge on any atom is 0.178 e. The molecule has 1 aromatic heterocycles. The molecule has 1 unspecified atom stereocenters. The Kier molecular flexibility index (Phi) is 3.48. The molecule has 5 heteroatoms. The van der Waals surface area contributed by atoms with Crippen LogP contribution >= 0.6 is 11.3 Å². The average Bonchev–Trinajstić information content (AvgIpc) is 2.36. The fraction of sp³-hybridized carbons (Fsp3) is 0.429. The lowest BCUT2D eigenvalue weighted by atomic mass is 10.2. The SMILES string of the molecule is CC(O)Cc1cc(OON)cs1. The van der Waals surface area contributed by atoms with Crippen LogP contribution in [0.15, 0.2) is 11.4 Å². The van der Waals surface area contributed by atoms with Crippen LogP contribution in [0, 0.1) is 0 Å². The molecule has 0 radical (unpaired) electrons. The number of aliphatic hydroxyl groups is 1. The van der Waals surface area contributed by atoms with Gasteiger partial charge in [0.05, 0.1) is 6.10 Å². The molecule has 0 saturated heterocycles. The summed E-state index contributed by atoms with van der Waals surface area (Å²) in [5.41, 5.74) is 0. The zero-order chi connectivity index (χ0) is 8.97. The summed E-state index contributed by atoms with van der Waals surface area (Å²) in [7, 11) is 0. The summed E-state index contributed by atoms with van der Waals surface area (Å²) in [6.45, 7) is 1.74. The number of hydrogen-bond donors (Lipinski definition) is 2. The van der Waals surface area contributed by atoms with E-state index in [1.54, 1.807) is 18.4 Å². The van der Waals surface area contributed by atoms with Gasteiger partial charge in [0, 0.05) is 16.7 Å². The third kappa shape index (κ3) is 2.78. The highest BCUT2D eigenvalue weighted by molar-refractivity contribution is 7.10. The molecule has 68 valence electrons. The molecule has 1 atom stereocenters. The van der Waals surface area contributed by atoms with Gasteiger partial charge in [0.2, 0.25) is 0 Å². The predicted molar refractivity (Wildman–Crippen MR) is 45.6 cm³/mol. The fourth-order valence-corrected chi connectivity index (χ4v) is 1.75. The van der Waals surface area contributed by atoms with E-state index < -0.39 is 0 Å². The number of nitrogens with two attached hydrogens (primary N) is 1. The monoisotopic (exact) mass is 189 g/mol. The molecule has 0 aliphatic heterocycles. The molecule has 4 nitrogen and oxygen atoms in total. The normalized spacial score (nSPS) is 12.9. The quantitative estimate of drug-likeness (QED) is 0.544. The van der Waals surface area contributed by atoms with E-state index >= 15 is 0 Å². The van der Waals surface area contributed by atoms with Crippen molar-refractivity contribution in [1.82, 2.24) is 0 Å². The van der Waals surface area contributed by atoms with E-state index in [0.29, 0.717) is 12.2 Å². The van der Waals surface area contributed by atoms with E-state index in [1.807, 2.05) is 0 Å². The van der Waals surface area contributed by atoms with Gasteiger partial charge in [-0.1, -0.05) is 4.99 Å². The van der Waals surface area contributed by atoms with Gasteiger partial charge in [0.25, 0.3) is 0 Å². The Morgan fingerprint density at radius 3 is 3.08 bits per heavy atom. The third-order valence-electron chi connectivity index (χ3n) is 1.27. The van der Waals surface area contributed by atoms with Crippen molar-refractivity contribution in [2.24, 2.45) is 5.90 Å². The van der Waals surface area contributed by atoms with Crippen LogP contribution in [0.5, 0.6) is 5.75 Å². The van der Waals surface area contributed by atoms with Crippen LogP contribution in [0.25, 0.3) is 0 Å². The molecule has 0 amide bonds. The van der Waals surface area contributed by atoms with E-state index in [0.717, 1.165) is 4.88 Å². The smallest absolute Gasteiger partial charge is 0.178 e. The van der Waals surface area contributed by atoms with Crippen LogP contribution in [-0.4, -0.2) is 11.2 Å². The van der Waals surface area contributed by atoms with Crippen LogP contribution in [-0.2, 0) is 11.4 Å². The Hall–Kier alpha value is -0.620. The van der Waals surface area contributed by atoms with Crippen molar-refractivity contribution in [1.29, 1.82) is 0 Å². The van der Waals surface area contributed by atoms with E-state index in [9.17, 15) is 0 Å². The number of hydrogen-bond acceptors (Lipinski definition) is 5. The zero-order valence-electron chi connectivity index (χ0n) is 6.69. The van der Waals surface area contributed by atoms with Crippen LogP contribution in [0.1, 0.15) is 11.8 Å². The third-order valence-corrected chi connectivity index (χ3v) is 2.21. The summed E-state index contributed by atoms with van der Waals surface area (Å²) in [5, 5.41) is 10.8. The average molecular weight is 189 g/mol. The van der Waals surface area contributed by atoms with Gasteiger partial charge in [-0.25, -0.2) is 0 Å². The van der Waals surface area contributed by atoms with Crippen molar-refractivity contribution >= 4 is 11.3 Å². The maximum atomic E-state index is 9.05. The molecule has 3 N–H and O–H groups in total. The summed E-state index contributed by atoms with van der Waals surface area (Å²) < 4.78 is 0. The van der Waals surface area contributed by atoms with Crippen LogP contribution in [0.4, 0.5) is 0 Å². The first-order valence-electron chi connectivity index (χ1n) is 3.51. The molecular formula is C7H11NO3S. The minimum Gasteiger partial charge on any atom is -0.393 e. The molecule has 12 heavy (non-hydrogen) atoms. The minimum absolute atomic E-state index is 0.338. The zero-order valence-corrected chi connectivity index (χ0v) is 7.50. The summed E-state index contributed by atoms with van der Waals surface area (Å²) >= 11 is 1.50. The second kappa shape index (κ2) is 4.42. The Morgan fingerprint density at radius 2 is 2.50 bits per heavy atom. The van der Waals surface area contributed by atoms with Crippen LogP contribution < -0.4 is 10.8 Å². The lowest BCUT2D eigenvalue weighted by Crippen LogP contribution is -2.03. The largest absolute Gasteiger partial charge is 0.393 e. The van der Waals surface area contributed by atoms with Gasteiger partial charge in [-0.2, -0.15) is 5.90 Å². The molecular weight excluding hydrogens is 178 g/mol. The van der Waals surface area contributed by atoms with Crippen LogP contribution in [0.3, 0.4) is 0 Å². The number of rotatable bonds is 4. The first kappa shape index (κ1) is 9.47. The topological polar surface area (TPSA) is 64.7 Å². The summed E-state index contributed by atoms with van der Waals surface area (Å²) in [6, 6.07) is 1.78. The maximum absolute atomic E-state index is 9.05. The minimum atomic E-state index is -0.338. The Bertz CT molecular complexity index is 236. The van der Waals surface area contributed by atoms with E-state index in [-0.39, 0.29) is 6.10 Å². The van der Waals surface area contributed by atoms with Gasteiger partial charge in [0.15, 0.2) is 5.75 Å². The van der Waals surface area contributed by atoms with Gasteiger partial charge < -0.3 is 9.99 Å². The van der Waals surface area contributed by atoms with Gasteiger partial charge in [-0.3, -0.25) is 0 Å². The summed E-state index contributed by atoms with van der Waals surface area (Å²) in [5.74, 6) is 5.27. The highest BCUT2D eigenvalue weighted by Gasteiger charge is 2.04. The van der Waals surface area contributed by atoms with Crippen molar-refractivity contribution in [3.63, 3.8) is 0 Å². The summed E-state index contributed by atoms with van der Waals surface area (Å²) in [6.07, 6.45) is 0.286. The molecule has 1 rings (SSSR count). The molecule has 0 bridgehead atoms. The van der Waals surface area contributed by atoms with E-state index in [4.69, 9.17) is 11.0 Å². The molecule has 0 aromatic carbocycles. The number of thiophene rings is 1. The Morgan fingerprint density at radius 1 is 1.75 bits per heavy atom. The van der Waals surface area contributed by atoms with E-state index in [2.05, 4.69) is 9.88 Å². The highest BCUT2D eigenvalue weighted by atomic mass is 32.1. The first-order chi connectivity index (χ1) is 5.72. The highest BCUT2D eigenvalue weighted by Crippen LogP contribution is 2.22. The molecule has 0 spiro atoms. The molecule has 0 aliphatic rings. The van der Waals surface area contributed by atoms with Crippen molar-refractivity contribution in [3.05, 3.63) is 16.3 Å². The van der Waals surface area contributed by atoms with Gasteiger partial charge in [-0.05, 0) is 13.0 Å². The Labute approximate surface area is 74.4 Å². The number of aliphatic hydroxyl groups excluding tert-OH is 1.